The van der Waals surface area contributed by atoms with E-state index in [0.717, 1.165) is 23.4 Å². The van der Waals surface area contributed by atoms with Crippen molar-refractivity contribution in [2.75, 3.05) is 6.54 Å². The van der Waals surface area contributed by atoms with Crippen molar-refractivity contribution in [3.63, 3.8) is 0 Å². The molecule has 3 heteroatoms. The minimum atomic E-state index is 0.299. The Morgan fingerprint density at radius 2 is 1.87 bits per heavy atom. The number of hydrogen-bond acceptors (Lipinski definition) is 2. The summed E-state index contributed by atoms with van der Waals surface area (Å²) in [6, 6.07) is 9.07. The third-order valence-corrected chi connectivity index (χ3v) is 7.85. The SMILES string of the molecule is C=C(N)c1cccc(C2C=C(Cl)C(CC3CCCN(C4CCCCCC4)C3=C)=CC2)c1. The summed E-state index contributed by atoms with van der Waals surface area (Å²) in [6.45, 7) is 9.63. The zero-order valence-corrected chi connectivity index (χ0v) is 19.5. The highest BCUT2D eigenvalue weighted by Crippen LogP contribution is 2.40. The molecule has 2 aliphatic carbocycles. The molecular weight excluding hydrogens is 400 g/mol. The van der Waals surface area contributed by atoms with Crippen LogP contribution in [0.1, 0.15) is 81.3 Å². The van der Waals surface area contributed by atoms with E-state index < -0.39 is 0 Å². The predicted molar refractivity (Wildman–Crippen MR) is 134 cm³/mol. The molecule has 2 fully saturated rings. The molecule has 3 aliphatic rings. The van der Waals surface area contributed by atoms with Crippen molar-refractivity contribution < 1.29 is 0 Å². The number of piperidine rings is 1. The normalized spacial score (nSPS) is 25.6. The second-order valence-electron chi connectivity index (χ2n) is 9.61. The summed E-state index contributed by atoms with van der Waals surface area (Å²) in [6.07, 6.45) is 17.3. The number of benzene rings is 1. The number of likely N-dealkylation sites (tertiary alicyclic amines) is 1. The van der Waals surface area contributed by atoms with Crippen LogP contribution in [0.25, 0.3) is 5.70 Å². The number of hydrogen-bond donors (Lipinski definition) is 1. The van der Waals surface area contributed by atoms with Crippen molar-refractivity contribution in [1.82, 2.24) is 4.90 Å². The molecule has 0 radical (unpaired) electrons. The smallest absolute Gasteiger partial charge is 0.0401 e. The summed E-state index contributed by atoms with van der Waals surface area (Å²) in [5.41, 5.74) is 11.4. The molecule has 2 unspecified atom stereocenters. The lowest BCUT2D eigenvalue weighted by molar-refractivity contribution is 0.169. The van der Waals surface area contributed by atoms with E-state index in [1.54, 1.807) is 0 Å². The average molecular weight is 437 g/mol. The Hall–Kier alpha value is -1.93. The highest BCUT2D eigenvalue weighted by Gasteiger charge is 2.30. The summed E-state index contributed by atoms with van der Waals surface area (Å²) < 4.78 is 0. The van der Waals surface area contributed by atoms with Gasteiger partial charge < -0.3 is 10.6 Å². The van der Waals surface area contributed by atoms with Crippen LogP contribution in [0.4, 0.5) is 0 Å². The first-order valence-electron chi connectivity index (χ1n) is 12.1. The molecule has 1 aliphatic heterocycles. The van der Waals surface area contributed by atoms with E-state index in [4.69, 9.17) is 17.3 Å². The van der Waals surface area contributed by atoms with E-state index in [1.807, 2.05) is 6.07 Å². The van der Waals surface area contributed by atoms with E-state index in [0.29, 0.717) is 23.6 Å². The maximum Gasteiger partial charge on any atom is 0.0401 e. The minimum Gasteiger partial charge on any atom is -0.399 e. The molecule has 1 heterocycles. The van der Waals surface area contributed by atoms with Gasteiger partial charge in [0.25, 0.3) is 0 Å². The molecule has 31 heavy (non-hydrogen) atoms. The van der Waals surface area contributed by atoms with Crippen LogP contribution in [0, 0.1) is 5.92 Å². The van der Waals surface area contributed by atoms with Crippen LogP contribution in [-0.2, 0) is 0 Å². The topological polar surface area (TPSA) is 29.3 Å². The van der Waals surface area contributed by atoms with Crippen molar-refractivity contribution in [3.8, 4) is 0 Å². The predicted octanol–water partition coefficient (Wildman–Crippen LogP) is 7.49. The molecule has 0 bridgehead atoms. The number of nitrogens with two attached hydrogens (primary N) is 1. The maximum absolute atomic E-state index is 6.81. The van der Waals surface area contributed by atoms with Crippen LogP contribution in [0.3, 0.4) is 0 Å². The molecule has 0 aromatic heterocycles. The molecule has 4 rings (SSSR count). The van der Waals surface area contributed by atoms with Crippen molar-refractivity contribution in [2.45, 2.75) is 76.2 Å². The molecule has 1 aromatic rings. The Bertz CT molecular complexity index is 873. The van der Waals surface area contributed by atoms with E-state index in [-0.39, 0.29) is 0 Å². The van der Waals surface area contributed by atoms with Crippen molar-refractivity contribution in [2.24, 2.45) is 11.7 Å². The van der Waals surface area contributed by atoms with Crippen LogP contribution in [0.2, 0.25) is 0 Å². The molecule has 0 amide bonds. The molecule has 166 valence electrons. The molecule has 1 aromatic carbocycles. The number of halogens is 1. The number of allylic oxidation sites excluding steroid dienone is 5. The van der Waals surface area contributed by atoms with E-state index >= 15 is 0 Å². The summed E-state index contributed by atoms with van der Waals surface area (Å²) in [4.78, 5) is 2.66. The van der Waals surface area contributed by atoms with Crippen LogP contribution >= 0.6 is 11.6 Å². The Labute approximate surface area is 193 Å². The second kappa shape index (κ2) is 10.1. The van der Waals surface area contributed by atoms with Crippen molar-refractivity contribution >= 4 is 17.3 Å². The van der Waals surface area contributed by atoms with Gasteiger partial charge in [0.15, 0.2) is 0 Å². The Morgan fingerprint density at radius 1 is 1.10 bits per heavy atom. The number of rotatable bonds is 5. The lowest BCUT2D eigenvalue weighted by atomic mass is 9.83. The van der Waals surface area contributed by atoms with Crippen LogP contribution < -0.4 is 5.73 Å². The molecule has 2 N–H and O–H groups in total. The largest absolute Gasteiger partial charge is 0.399 e. The summed E-state index contributed by atoms with van der Waals surface area (Å²) in [7, 11) is 0. The fraction of sp³-hybridized carbons (Fsp3) is 0.500. The van der Waals surface area contributed by atoms with E-state index in [9.17, 15) is 0 Å². The van der Waals surface area contributed by atoms with Crippen molar-refractivity contribution in [1.29, 1.82) is 0 Å². The zero-order chi connectivity index (χ0) is 21.8. The summed E-state index contributed by atoms with van der Waals surface area (Å²) in [5, 5.41) is 0.910. The van der Waals surface area contributed by atoms with Gasteiger partial charge in [-0.25, -0.2) is 0 Å². The quantitative estimate of drug-likeness (QED) is 0.484. The van der Waals surface area contributed by atoms with E-state index in [1.165, 1.54) is 74.7 Å². The fourth-order valence-corrected chi connectivity index (χ4v) is 5.93. The van der Waals surface area contributed by atoms with Gasteiger partial charge in [0.05, 0.1) is 0 Å². The lowest BCUT2D eigenvalue weighted by Gasteiger charge is -2.42. The van der Waals surface area contributed by atoms with Gasteiger partial charge in [-0.05, 0) is 61.3 Å². The van der Waals surface area contributed by atoms with Gasteiger partial charge >= 0.3 is 0 Å². The Kier molecular flexibility index (Phi) is 7.27. The first-order chi connectivity index (χ1) is 15.0. The van der Waals surface area contributed by atoms with Gasteiger partial charge in [-0.3, -0.25) is 0 Å². The summed E-state index contributed by atoms with van der Waals surface area (Å²) >= 11 is 6.81. The second-order valence-corrected chi connectivity index (χ2v) is 10.0. The Morgan fingerprint density at radius 3 is 2.58 bits per heavy atom. The third kappa shape index (κ3) is 5.29. The van der Waals surface area contributed by atoms with Gasteiger partial charge in [0.2, 0.25) is 0 Å². The molecule has 1 saturated heterocycles. The zero-order valence-electron chi connectivity index (χ0n) is 18.8. The monoisotopic (exact) mass is 436 g/mol. The average Bonchev–Trinajstić information content (AvgIpc) is 3.06. The van der Waals surface area contributed by atoms with Crippen LogP contribution in [0.15, 0.2) is 65.9 Å². The maximum atomic E-state index is 6.81. The number of nitrogens with zero attached hydrogens (tertiary/aromatic N) is 1. The fourth-order valence-electron chi connectivity index (χ4n) is 5.63. The first kappa shape index (κ1) is 22.3. The standard InChI is InChI=1S/C28H37ClN2/c1-20(30)22-9-7-10-24(17-22)25-14-15-26(28(29)19-25)18-23-11-8-16-31(21(23)2)27-12-5-3-4-6-13-27/h7,9-10,15,17,19,23,25,27H,1-6,8,11-14,16,18,30H2. The molecule has 0 spiro atoms. The highest BCUT2D eigenvalue weighted by molar-refractivity contribution is 6.32. The van der Waals surface area contributed by atoms with Crippen LogP contribution in [0.5, 0.6) is 0 Å². The lowest BCUT2D eigenvalue weighted by Crippen LogP contribution is -2.40. The molecule has 1 saturated carbocycles. The minimum absolute atomic E-state index is 0.299. The molecular formula is C28H37ClN2. The van der Waals surface area contributed by atoms with Gasteiger partial charge in [-0.1, -0.05) is 80.8 Å². The third-order valence-electron chi connectivity index (χ3n) is 7.48. The van der Waals surface area contributed by atoms with Crippen LogP contribution in [-0.4, -0.2) is 17.5 Å². The Balaban J connectivity index is 1.41. The van der Waals surface area contributed by atoms with E-state index in [2.05, 4.69) is 48.4 Å². The van der Waals surface area contributed by atoms with Gasteiger partial charge in [0.1, 0.15) is 0 Å². The first-order valence-corrected chi connectivity index (χ1v) is 12.5. The van der Waals surface area contributed by atoms with Gasteiger partial charge in [-0.15, -0.1) is 0 Å². The molecule has 2 nitrogen and oxygen atoms in total. The van der Waals surface area contributed by atoms with Gasteiger partial charge in [-0.2, -0.15) is 0 Å². The molecule has 2 atom stereocenters. The summed E-state index contributed by atoms with van der Waals surface area (Å²) in [5.74, 6) is 0.818. The van der Waals surface area contributed by atoms with Gasteiger partial charge in [0, 0.05) is 40.8 Å². The van der Waals surface area contributed by atoms with Crippen molar-refractivity contribution in [3.05, 3.63) is 77.0 Å². The highest BCUT2D eigenvalue weighted by atomic mass is 35.5.